The summed E-state index contributed by atoms with van der Waals surface area (Å²) in [7, 11) is 0. The summed E-state index contributed by atoms with van der Waals surface area (Å²) in [5.41, 5.74) is 0. The van der Waals surface area contributed by atoms with E-state index >= 15 is 0 Å². The maximum atomic E-state index is 12.3. The first kappa shape index (κ1) is 9.35. The fourth-order valence-electron chi connectivity index (χ4n) is 0.164. The molecule has 0 amide bonds. The molecule has 0 aromatic rings. The summed E-state index contributed by atoms with van der Waals surface area (Å²) in [6, 6.07) is 0. The second kappa shape index (κ2) is 5.16. The standard InChI is InChI=1S/C4H8FI2O/c1-3(2-6)4(5)7-8/h3-4,8H,2H2,1H3/q-1/t3?,4-/m0/s1. The molecule has 52 valence electrons. The van der Waals surface area contributed by atoms with Crippen molar-refractivity contribution >= 4 is 22.6 Å². The predicted molar refractivity (Wildman–Crippen MR) is 35.2 cm³/mol. The van der Waals surface area contributed by atoms with Gasteiger partial charge in [0, 0.05) is 0 Å². The molecule has 0 fully saturated rings. The molecule has 2 atom stereocenters. The minimum atomic E-state index is -1.17. The molecule has 0 aromatic heterocycles. The Balaban J connectivity index is 3.29. The number of hydrogen-bond donors (Lipinski definition) is 1. The number of rotatable bonds is 3. The van der Waals surface area contributed by atoms with Crippen LogP contribution in [0.5, 0.6) is 0 Å². The quantitative estimate of drug-likeness (QED) is 0.480. The molecule has 0 aliphatic heterocycles. The minimum absolute atomic E-state index is 0.0356. The summed E-state index contributed by atoms with van der Waals surface area (Å²) in [4.78, 5) is 0. The number of halogens is 3. The molecule has 0 rings (SSSR count). The van der Waals surface area contributed by atoms with E-state index in [0.29, 0.717) is 0 Å². The van der Waals surface area contributed by atoms with Crippen molar-refractivity contribution in [1.29, 1.82) is 0 Å². The van der Waals surface area contributed by atoms with Crippen molar-refractivity contribution < 1.29 is 29.4 Å². The van der Waals surface area contributed by atoms with Crippen LogP contribution in [0.4, 0.5) is 4.39 Å². The molecule has 0 bridgehead atoms. The van der Waals surface area contributed by atoms with Crippen LogP contribution in [0.25, 0.3) is 0 Å². The van der Waals surface area contributed by atoms with Gasteiger partial charge >= 0.3 is 73.5 Å². The molecule has 4 heteroatoms. The first-order valence-electron chi connectivity index (χ1n) is 2.19. The normalized spacial score (nSPS) is 18.5. The van der Waals surface area contributed by atoms with E-state index in [2.05, 4.69) is 22.6 Å². The van der Waals surface area contributed by atoms with Crippen molar-refractivity contribution in [3.8, 4) is 0 Å². The van der Waals surface area contributed by atoms with Gasteiger partial charge in [-0.25, -0.2) is 0 Å². The molecular formula is C4H8FI2O-. The topological polar surface area (TPSA) is 20.2 Å². The van der Waals surface area contributed by atoms with E-state index in [9.17, 15) is 4.39 Å². The van der Waals surface area contributed by atoms with E-state index in [1.165, 1.54) is 0 Å². The van der Waals surface area contributed by atoms with Crippen molar-refractivity contribution in [2.45, 2.75) is 11.1 Å². The fraction of sp³-hybridized carbons (Fsp3) is 1.00. The molecule has 0 radical (unpaired) electrons. The van der Waals surface area contributed by atoms with Crippen molar-refractivity contribution in [3.05, 3.63) is 0 Å². The van der Waals surface area contributed by atoms with E-state index < -0.39 is 25.8 Å². The number of hydrogen-bond acceptors (Lipinski definition) is 1. The van der Waals surface area contributed by atoms with Crippen LogP contribution >= 0.6 is 22.6 Å². The van der Waals surface area contributed by atoms with Gasteiger partial charge in [0.25, 0.3) is 0 Å². The molecule has 0 saturated carbocycles. The Morgan fingerprint density at radius 3 is 2.50 bits per heavy atom. The first-order chi connectivity index (χ1) is 3.72. The van der Waals surface area contributed by atoms with Crippen LogP contribution in [-0.2, 0) is 0 Å². The van der Waals surface area contributed by atoms with Gasteiger partial charge in [-0.05, 0) is 0 Å². The average molecular weight is 345 g/mol. The molecule has 1 nitrogen and oxygen atoms in total. The average Bonchev–Trinajstić information content (AvgIpc) is 1.84. The molecule has 0 heterocycles. The Morgan fingerprint density at radius 2 is 2.38 bits per heavy atom. The fourth-order valence-corrected chi connectivity index (χ4v) is 2.39. The monoisotopic (exact) mass is 345 g/mol. The summed E-state index contributed by atoms with van der Waals surface area (Å²) < 4.78 is 20.6. The molecule has 0 aromatic carbocycles. The Hall–Kier alpha value is 1.35. The van der Waals surface area contributed by atoms with Crippen molar-refractivity contribution in [3.63, 3.8) is 0 Å². The molecule has 1 N–H and O–H groups in total. The first-order valence-corrected chi connectivity index (χ1v) is 5.93. The van der Waals surface area contributed by atoms with Crippen LogP contribution in [0.2, 0.25) is 0 Å². The zero-order valence-electron chi connectivity index (χ0n) is 4.44. The van der Waals surface area contributed by atoms with E-state index in [1.54, 1.807) is 0 Å². The summed E-state index contributed by atoms with van der Waals surface area (Å²) in [6.07, 6.45) is 0. The third-order valence-corrected chi connectivity index (χ3v) is 3.92. The summed E-state index contributed by atoms with van der Waals surface area (Å²) in [6.45, 7) is 1.81. The molecule has 1 unspecified atom stereocenters. The van der Waals surface area contributed by atoms with E-state index in [1.807, 2.05) is 6.92 Å². The third-order valence-electron chi connectivity index (χ3n) is 0.767. The van der Waals surface area contributed by atoms with Crippen molar-refractivity contribution in [1.82, 2.24) is 0 Å². The van der Waals surface area contributed by atoms with Crippen LogP contribution < -0.4 is 21.6 Å². The summed E-state index contributed by atoms with van der Waals surface area (Å²) in [5, 5.41) is 0. The molecule has 0 aliphatic carbocycles. The molecule has 0 aliphatic rings. The van der Waals surface area contributed by atoms with Gasteiger partial charge in [0.05, 0.1) is 0 Å². The zero-order chi connectivity index (χ0) is 6.57. The van der Waals surface area contributed by atoms with Crippen LogP contribution in [0.15, 0.2) is 0 Å². The molecule has 0 spiro atoms. The second-order valence-electron chi connectivity index (χ2n) is 1.56. The van der Waals surface area contributed by atoms with Gasteiger partial charge in [-0.3, -0.25) is 0 Å². The Morgan fingerprint density at radius 1 is 1.88 bits per heavy atom. The molecule has 0 saturated heterocycles. The van der Waals surface area contributed by atoms with Crippen LogP contribution in [0.3, 0.4) is 0 Å². The Labute approximate surface area is 73.0 Å². The van der Waals surface area contributed by atoms with Crippen LogP contribution in [0.1, 0.15) is 6.92 Å². The van der Waals surface area contributed by atoms with Gasteiger partial charge in [-0.15, -0.1) is 0 Å². The maximum absolute atomic E-state index is 12.3. The Bertz CT molecular complexity index is 54.0. The van der Waals surface area contributed by atoms with E-state index in [-0.39, 0.29) is 5.92 Å². The SMILES string of the molecule is CC(CI)[C@@H](F)[I-]O. The predicted octanol–water partition coefficient (Wildman–Crippen LogP) is -1.65. The van der Waals surface area contributed by atoms with Crippen LogP contribution in [-0.4, -0.2) is 12.0 Å². The van der Waals surface area contributed by atoms with Crippen molar-refractivity contribution in [2.75, 3.05) is 4.43 Å². The Kier molecular flexibility index (Phi) is 6.03. The molecular weight excluding hydrogens is 337 g/mol. The number of alkyl halides is 3. The van der Waals surface area contributed by atoms with E-state index in [4.69, 9.17) is 3.44 Å². The summed E-state index contributed by atoms with van der Waals surface area (Å²) >= 11 is 0.945. The third kappa shape index (κ3) is 3.39. The summed E-state index contributed by atoms with van der Waals surface area (Å²) in [5.74, 6) is 0.0356. The van der Waals surface area contributed by atoms with Gasteiger partial charge in [0.1, 0.15) is 0 Å². The second-order valence-corrected chi connectivity index (χ2v) is 4.19. The van der Waals surface area contributed by atoms with Gasteiger partial charge in [-0.1, -0.05) is 0 Å². The van der Waals surface area contributed by atoms with Gasteiger partial charge < -0.3 is 0 Å². The van der Waals surface area contributed by atoms with Gasteiger partial charge in [-0.2, -0.15) is 0 Å². The molecule has 8 heavy (non-hydrogen) atoms. The van der Waals surface area contributed by atoms with Gasteiger partial charge in [0.2, 0.25) is 0 Å². The zero-order valence-corrected chi connectivity index (χ0v) is 8.76. The van der Waals surface area contributed by atoms with E-state index in [0.717, 1.165) is 4.43 Å². The van der Waals surface area contributed by atoms with Gasteiger partial charge in [0.15, 0.2) is 0 Å². The van der Waals surface area contributed by atoms with Crippen LogP contribution in [0, 0.1) is 5.92 Å². The van der Waals surface area contributed by atoms with Crippen molar-refractivity contribution in [2.24, 2.45) is 5.92 Å².